The Morgan fingerprint density at radius 2 is 1.71 bits per heavy atom. The van der Waals surface area contributed by atoms with Crippen LogP contribution in [0.4, 0.5) is 0 Å². The van der Waals surface area contributed by atoms with Gasteiger partial charge < -0.3 is 5.32 Å². The van der Waals surface area contributed by atoms with Gasteiger partial charge in [-0.15, -0.1) is 0 Å². The van der Waals surface area contributed by atoms with Crippen LogP contribution >= 0.6 is 11.6 Å². The van der Waals surface area contributed by atoms with E-state index in [1.54, 1.807) is 0 Å². The van der Waals surface area contributed by atoms with Crippen molar-refractivity contribution in [2.45, 2.75) is 44.2 Å². The molecule has 0 saturated heterocycles. The highest BCUT2D eigenvalue weighted by Gasteiger charge is 2.30. The van der Waals surface area contributed by atoms with E-state index in [9.17, 15) is 0 Å². The highest BCUT2D eigenvalue weighted by Crippen LogP contribution is 2.36. The van der Waals surface area contributed by atoms with Crippen LogP contribution in [0.2, 0.25) is 5.02 Å². The third-order valence-corrected chi connectivity index (χ3v) is 4.64. The molecule has 1 aliphatic rings. The molecule has 0 heterocycles. The monoisotopic (exact) mass is 299 g/mol. The molecule has 110 valence electrons. The molecule has 1 fully saturated rings. The minimum atomic E-state index is 0.507. The predicted octanol–water partition coefficient (Wildman–Crippen LogP) is 4.81. The van der Waals surface area contributed by atoms with Crippen LogP contribution < -0.4 is 5.32 Å². The Morgan fingerprint density at radius 3 is 2.38 bits per heavy atom. The Balaban J connectivity index is 1.45. The molecule has 0 aliphatic heterocycles. The summed E-state index contributed by atoms with van der Waals surface area (Å²) >= 11 is 5.92. The normalized spacial score (nSPS) is 22.6. The number of benzene rings is 2. The van der Waals surface area contributed by atoms with Crippen molar-refractivity contribution >= 4 is 11.6 Å². The summed E-state index contributed by atoms with van der Waals surface area (Å²) in [5, 5.41) is 4.56. The first-order chi connectivity index (χ1) is 10.2. The average molecular weight is 300 g/mol. The van der Waals surface area contributed by atoms with Gasteiger partial charge in [0.05, 0.1) is 0 Å². The number of nitrogens with one attached hydrogen (secondary N) is 1. The predicted molar refractivity (Wildman–Crippen MR) is 90.0 cm³/mol. The van der Waals surface area contributed by atoms with Crippen LogP contribution in [0, 0.1) is 0 Å². The van der Waals surface area contributed by atoms with Gasteiger partial charge in [-0.25, -0.2) is 0 Å². The molecule has 21 heavy (non-hydrogen) atoms. The van der Waals surface area contributed by atoms with E-state index in [0.29, 0.717) is 12.1 Å². The SMILES string of the molecule is CC(Cc1ccc(Cl)cc1)NC1CC(c2ccccc2)C1. The molecule has 1 unspecified atom stereocenters. The van der Waals surface area contributed by atoms with Crippen molar-refractivity contribution in [1.82, 2.24) is 5.32 Å². The highest BCUT2D eigenvalue weighted by atomic mass is 35.5. The molecule has 2 aromatic rings. The van der Waals surface area contributed by atoms with E-state index in [1.165, 1.54) is 24.0 Å². The van der Waals surface area contributed by atoms with E-state index < -0.39 is 0 Å². The third-order valence-electron chi connectivity index (χ3n) is 4.38. The van der Waals surface area contributed by atoms with E-state index in [1.807, 2.05) is 12.1 Å². The Morgan fingerprint density at radius 1 is 1.05 bits per heavy atom. The average Bonchev–Trinajstić information content (AvgIpc) is 2.46. The topological polar surface area (TPSA) is 12.0 Å². The Bertz CT molecular complexity index is 558. The lowest BCUT2D eigenvalue weighted by Gasteiger charge is -2.38. The summed E-state index contributed by atoms with van der Waals surface area (Å²) < 4.78 is 0. The quantitative estimate of drug-likeness (QED) is 0.835. The first-order valence-corrected chi connectivity index (χ1v) is 8.14. The van der Waals surface area contributed by atoms with Crippen molar-refractivity contribution in [3.63, 3.8) is 0 Å². The highest BCUT2D eigenvalue weighted by molar-refractivity contribution is 6.30. The van der Waals surface area contributed by atoms with E-state index >= 15 is 0 Å². The van der Waals surface area contributed by atoms with Gasteiger partial charge >= 0.3 is 0 Å². The summed E-state index contributed by atoms with van der Waals surface area (Å²) in [6.45, 7) is 2.27. The van der Waals surface area contributed by atoms with Crippen LogP contribution in [-0.2, 0) is 6.42 Å². The number of halogens is 1. The van der Waals surface area contributed by atoms with E-state index in [2.05, 4.69) is 54.7 Å². The molecule has 1 nitrogen and oxygen atoms in total. The minimum Gasteiger partial charge on any atom is -0.311 e. The van der Waals surface area contributed by atoms with Crippen LogP contribution in [0.25, 0.3) is 0 Å². The van der Waals surface area contributed by atoms with Crippen molar-refractivity contribution in [3.8, 4) is 0 Å². The molecule has 1 aliphatic carbocycles. The van der Waals surface area contributed by atoms with Crippen molar-refractivity contribution in [2.75, 3.05) is 0 Å². The molecule has 0 amide bonds. The fourth-order valence-corrected chi connectivity index (χ4v) is 3.31. The Kier molecular flexibility index (Phi) is 4.62. The maximum atomic E-state index is 5.92. The Hall–Kier alpha value is -1.31. The lowest BCUT2D eigenvalue weighted by Crippen LogP contribution is -2.45. The van der Waals surface area contributed by atoms with Gasteiger partial charge in [0.25, 0.3) is 0 Å². The summed E-state index contributed by atoms with van der Waals surface area (Å²) in [5.74, 6) is 0.742. The largest absolute Gasteiger partial charge is 0.311 e. The van der Waals surface area contributed by atoms with E-state index in [0.717, 1.165) is 17.4 Å². The molecular weight excluding hydrogens is 278 g/mol. The molecule has 0 spiro atoms. The summed E-state index contributed by atoms with van der Waals surface area (Å²) in [5.41, 5.74) is 2.83. The van der Waals surface area contributed by atoms with Gasteiger partial charge in [0, 0.05) is 17.1 Å². The zero-order valence-electron chi connectivity index (χ0n) is 12.4. The van der Waals surface area contributed by atoms with Crippen LogP contribution in [0.5, 0.6) is 0 Å². The number of hydrogen-bond donors (Lipinski definition) is 1. The number of hydrogen-bond acceptors (Lipinski definition) is 1. The summed E-state index contributed by atoms with van der Waals surface area (Å²) in [6.07, 6.45) is 3.58. The maximum Gasteiger partial charge on any atom is 0.0406 e. The zero-order chi connectivity index (χ0) is 14.7. The molecular formula is C19H22ClN. The fourth-order valence-electron chi connectivity index (χ4n) is 3.19. The fraction of sp³-hybridized carbons (Fsp3) is 0.368. The van der Waals surface area contributed by atoms with Crippen LogP contribution in [-0.4, -0.2) is 12.1 Å². The second-order valence-corrected chi connectivity index (χ2v) is 6.61. The van der Waals surface area contributed by atoms with Gasteiger partial charge in [-0.3, -0.25) is 0 Å². The standard InChI is InChI=1S/C19H22ClN/c1-14(11-15-7-9-18(20)10-8-15)21-19-12-17(13-19)16-5-3-2-4-6-16/h2-10,14,17,19,21H,11-13H2,1H3. The van der Waals surface area contributed by atoms with Crippen molar-refractivity contribution < 1.29 is 0 Å². The zero-order valence-corrected chi connectivity index (χ0v) is 13.2. The Labute approximate surface area is 132 Å². The molecule has 1 N–H and O–H groups in total. The molecule has 0 aromatic heterocycles. The summed E-state index contributed by atoms with van der Waals surface area (Å²) in [7, 11) is 0. The summed E-state index contributed by atoms with van der Waals surface area (Å²) in [4.78, 5) is 0. The molecule has 1 atom stereocenters. The minimum absolute atomic E-state index is 0.507. The lowest BCUT2D eigenvalue weighted by molar-refractivity contribution is 0.269. The van der Waals surface area contributed by atoms with Gasteiger partial charge in [-0.1, -0.05) is 54.1 Å². The smallest absolute Gasteiger partial charge is 0.0406 e. The van der Waals surface area contributed by atoms with Gasteiger partial charge in [0.15, 0.2) is 0 Å². The third kappa shape index (κ3) is 3.87. The van der Waals surface area contributed by atoms with Crippen LogP contribution in [0.3, 0.4) is 0 Å². The molecule has 2 heteroatoms. The number of rotatable bonds is 5. The van der Waals surface area contributed by atoms with Gasteiger partial charge in [-0.2, -0.15) is 0 Å². The molecule has 1 saturated carbocycles. The van der Waals surface area contributed by atoms with Gasteiger partial charge in [0.2, 0.25) is 0 Å². The molecule has 0 radical (unpaired) electrons. The van der Waals surface area contributed by atoms with Crippen LogP contribution in [0.15, 0.2) is 54.6 Å². The van der Waals surface area contributed by atoms with Crippen molar-refractivity contribution in [2.24, 2.45) is 0 Å². The first kappa shape index (κ1) is 14.6. The van der Waals surface area contributed by atoms with Crippen LogP contribution in [0.1, 0.15) is 36.8 Å². The molecule has 2 aromatic carbocycles. The van der Waals surface area contributed by atoms with Crippen molar-refractivity contribution in [1.29, 1.82) is 0 Å². The molecule has 0 bridgehead atoms. The lowest BCUT2D eigenvalue weighted by atomic mass is 9.75. The van der Waals surface area contributed by atoms with Gasteiger partial charge in [0.1, 0.15) is 0 Å². The van der Waals surface area contributed by atoms with E-state index in [-0.39, 0.29) is 0 Å². The second kappa shape index (κ2) is 6.64. The first-order valence-electron chi connectivity index (χ1n) is 7.76. The maximum absolute atomic E-state index is 5.92. The van der Waals surface area contributed by atoms with Crippen molar-refractivity contribution in [3.05, 3.63) is 70.7 Å². The van der Waals surface area contributed by atoms with E-state index in [4.69, 9.17) is 11.6 Å². The summed E-state index contributed by atoms with van der Waals surface area (Å²) in [6, 6.07) is 20.2. The molecule has 3 rings (SSSR count). The van der Waals surface area contributed by atoms with Gasteiger partial charge in [-0.05, 0) is 55.4 Å². The second-order valence-electron chi connectivity index (χ2n) is 6.17.